The number of benzene rings is 2. The molecule has 0 radical (unpaired) electrons. The van der Waals surface area contributed by atoms with Crippen LogP contribution in [0.5, 0.6) is 0 Å². The lowest BCUT2D eigenvalue weighted by atomic mass is 9.97. The Bertz CT molecular complexity index is 1140. The van der Waals surface area contributed by atoms with Gasteiger partial charge in [-0.15, -0.1) is 0 Å². The summed E-state index contributed by atoms with van der Waals surface area (Å²) in [5.74, 6) is -2.26. The summed E-state index contributed by atoms with van der Waals surface area (Å²) in [6, 6.07) is 10.9. The standard InChI is InChI=1S/C23H20FN3O5/c1-3-13(2)19(27-21(28)16-6-4-5-7-17(16)22(27)29)23(30)31-12-18-25-20(26-32-18)14-8-10-15(24)11-9-14/h4-11,13,19H,3,12H2,1-2H3/t13-,19+/m1/s1. The van der Waals surface area contributed by atoms with Crippen molar-refractivity contribution in [1.82, 2.24) is 15.0 Å². The van der Waals surface area contributed by atoms with Crippen LogP contribution in [-0.4, -0.2) is 38.9 Å². The van der Waals surface area contributed by atoms with Crippen LogP contribution in [0.15, 0.2) is 53.1 Å². The highest BCUT2D eigenvalue weighted by Gasteiger charge is 2.45. The number of carbonyl (C=O) groups excluding carboxylic acids is 3. The Morgan fingerprint density at radius 2 is 1.72 bits per heavy atom. The van der Waals surface area contributed by atoms with E-state index in [0.29, 0.717) is 12.0 Å². The fourth-order valence-corrected chi connectivity index (χ4v) is 3.52. The number of halogens is 1. The van der Waals surface area contributed by atoms with Crippen LogP contribution in [-0.2, 0) is 16.1 Å². The van der Waals surface area contributed by atoms with Crippen molar-refractivity contribution in [1.29, 1.82) is 0 Å². The lowest BCUT2D eigenvalue weighted by Gasteiger charge is -2.28. The molecule has 2 atom stereocenters. The zero-order valence-electron chi connectivity index (χ0n) is 17.4. The fourth-order valence-electron chi connectivity index (χ4n) is 3.52. The number of amides is 2. The van der Waals surface area contributed by atoms with Gasteiger partial charge in [0.05, 0.1) is 11.1 Å². The van der Waals surface area contributed by atoms with E-state index in [4.69, 9.17) is 9.26 Å². The van der Waals surface area contributed by atoms with E-state index in [-0.39, 0.29) is 35.4 Å². The molecule has 1 aromatic heterocycles. The second kappa shape index (κ2) is 8.70. The maximum Gasteiger partial charge on any atom is 0.330 e. The molecule has 0 N–H and O–H groups in total. The van der Waals surface area contributed by atoms with Gasteiger partial charge in [-0.2, -0.15) is 4.98 Å². The van der Waals surface area contributed by atoms with Crippen molar-refractivity contribution >= 4 is 17.8 Å². The molecule has 1 aliphatic rings. The van der Waals surface area contributed by atoms with Crippen LogP contribution in [0.1, 0.15) is 46.9 Å². The van der Waals surface area contributed by atoms with E-state index in [0.717, 1.165) is 4.90 Å². The predicted molar refractivity (Wildman–Crippen MR) is 110 cm³/mol. The van der Waals surface area contributed by atoms with Crippen molar-refractivity contribution in [2.75, 3.05) is 0 Å². The number of carbonyl (C=O) groups is 3. The maximum atomic E-state index is 13.1. The Morgan fingerprint density at radius 1 is 1.09 bits per heavy atom. The molecule has 0 unspecified atom stereocenters. The van der Waals surface area contributed by atoms with Crippen LogP contribution < -0.4 is 0 Å². The summed E-state index contributed by atoms with van der Waals surface area (Å²) in [4.78, 5) is 43.8. The SMILES string of the molecule is CC[C@@H](C)[C@@H](C(=O)OCc1nc(-c2ccc(F)cc2)no1)N1C(=O)c2ccccc2C1=O. The van der Waals surface area contributed by atoms with Crippen LogP contribution >= 0.6 is 0 Å². The highest BCUT2D eigenvalue weighted by atomic mass is 19.1. The number of hydrogen-bond donors (Lipinski definition) is 0. The largest absolute Gasteiger partial charge is 0.454 e. The zero-order valence-corrected chi connectivity index (χ0v) is 17.4. The lowest BCUT2D eigenvalue weighted by Crippen LogP contribution is -2.49. The Hall–Kier alpha value is -3.88. The summed E-state index contributed by atoms with van der Waals surface area (Å²) < 4.78 is 23.5. The van der Waals surface area contributed by atoms with E-state index in [9.17, 15) is 18.8 Å². The average Bonchev–Trinajstić information content (AvgIpc) is 3.37. The van der Waals surface area contributed by atoms with Gasteiger partial charge in [0.1, 0.15) is 11.9 Å². The molecule has 9 heteroatoms. The summed E-state index contributed by atoms with van der Waals surface area (Å²) in [5.41, 5.74) is 1.06. The monoisotopic (exact) mass is 437 g/mol. The van der Waals surface area contributed by atoms with Crippen LogP contribution in [0.3, 0.4) is 0 Å². The molecule has 0 saturated heterocycles. The van der Waals surface area contributed by atoms with Gasteiger partial charge in [-0.1, -0.05) is 37.6 Å². The quantitative estimate of drug-likeness (QED) is 0.411. The summed E-state index contributed by atoms with van der Waals surface area (Å²) in [7, 11) is 0. The van der Waals surface area contributed by atoms with E-state index in [2.05, 4.69) is 10.1 Å². The van der Waals surface area contributed by atoms with Gasteiger partial charge in [0.15, 0.2) is 6.61 Å². The Kier molecular flexibility index (Phi) is 5.81. The molecule has 3 aromatic rings. The number of nitrogens with zero attached hydrogens (tertiary/aromatic N) is 3. The Balaban J connectivity index is 1.50. The second-order valence-electron chi connectivity index (χ2n) is 7.48. The molecule has 2 heterocycles. The molecule has 2 aromatic carbocycles. The van der Waals surface area contributed by atoms with Crippen LogP contribution in [0.25, 0.3) is 11.4 Å². The summed E-state index contributed by atoms with van der Waals surface area (Å²) in [5, 5.41) is 3.80. The number of fused-ring (bicyclic) bond motifs is 1. The molecule has 2 amide bonds. The lowest BCUT2D eigenvalue weighted by molar-refractivity contribution is -0.152. The minimum Gasteiger partial charge on any atom is -0.454 e. The maximum absolute atomic E-state index is 13.1. The third-order valence-corrected chi connectivity index (χ3v) is 5.44. The molecule has 32 heavy (non-hydrogen) atoms. The smallest absolute Gasteiger partial charge is 0.330 e. The molecule has 0 spiro atoms. The number of hydrogen-bond acceptors (Lipinski definition) is 7. The predicted octanol–water partition coefficient (Wildman–Crippen LogP) is 3.63. The number of ether oxygens (including phenoxy) is 1. The van der Waals surface area contributed by atoms with Crippen molar-refractivity contribution in [2.24, 2.45) is 5.92 Å². The number of rotatable bonds is 7. The summed E-state index contributed by atoms with van der Waals surface area (Å²) >= 11 is 0. The van der Waals surface area contributed by atoms with E-state index >= 15 is 0 Å². The molecular weight excluding hydrogens is 417 g/mol. The first-order valence-electron chi connectivity index (χ1n) is 10.1. The minimum absolute atomic E-state index is 0.0305. The number of imide groups is 1. The molecule has 0 bridgehead atoms. The second-order valence-corrected chi connectivity index (χ2v) is 7.48. The van der Waals surface area contributed by atoms with Gasteiger partial charge in [-0.05, 0) is 42.3 Å². The Labute approximate surface area is 183 Å². The van der Waals surface area contributed by atoms with Crippen molar-refractivity contribution in [3.05, 3.63) is 71.4 Å². The van der Waals surface area contributed by atoms with Gasteiger partial charge in [-0.25, -0.2) is 9.18 Å². The van der Waals surface area contributed by atoms with Crippen LogP contribution in [0, 0.1) is 11.7 Å². The van der Waals surface area contributed by atoms with E-state index in [1.165, 1.54) is 24.3 Å². The first-order valence-corrected chi connectivity index (χ1v) is 10.1. The minimum atomic E-state index is -1.09. The normalized spacial score (nSPS) is 14.9. The average molecular weight is 437 g/mol. The topological polar surface area (TPSA) is 103 Å². The number of aromatic nitrogens is 2. The van der Waals surface area contributed by atoms with Gasteiger partial charge in [0.25, 0.3) is 17.7 Å². The Morgan fingerprint density at radius 3 is 2.31 bits per heavy atom. The molecule has 0 aliphatic carbocycles. The summed E-state index contributed by atoms with van der Waals surface area (Å²) in [6.07, 6.45) is 0.544. The molecule has 164 valence electrons. The van der Waals surface area contributed by atoms with Gasteiger partial charge in [0, 0.05) is 5.56 Å². The van der Waals surface area contributed by atoms with Crippen molar-refractivity contribution in [3.8, 4) is 11.4 Å². The third kappa shape index (κ3) is 3.89. The van der Waals surface area contributed by atoms with Crippen LogP contribution in [0.4, 0.5) is 4.39 Å². The molecular formula is C23H20FN3O5. The van der Waals surface area contributed by atoms with Crippen molar-refractivity contribution in [3.63, 3.8) is 0 Å². The fraction of sp³-hybridized carbons (Fsp3) is 0.261. The highest BCUT2D eigenvalue weighted by Crippen LogP contribution is 2.29. The zero-order chi connectivity index (χ0) is 22.8. The van der Waals surface area contributed by atoms with Gasteiger partial charge >= 0.3 is 5.97 Å². The molecule has 4 rings (SSSR count). The molecule has 0 fully saturated rings. The molecule has 8 nitrogen and oxygen atoms in total. The number of esters is 1. The third-order valence-electron chi connectivity index (χ3n) is 5.44. The highest BCUT2D eigenvalue weighted by molar-refractivity contribution is 6.22. The van der Waals surface area contributed by atoms with E-state index in [1.54, 1.807) is 31.2 Å². The molecule has 0 saturated carbocycles. The van der Waals surface area contributed by atoms with Gasteiger partial charge in [-0.3, -0.25) is 14.5 Å². The first-order chi connectivity index (χ1) is 15.4. The molecule has 1 aliphatic heterocycles. The van der Waals surface area contributed by atoms with Crippen molar-refractivity contribution < 1.29 is 28.0 Å². The summed E-state index contributed by atoms with van der Waals surface area (Å²) in [6.45, 7) is 3.30. The van der Waals surface area contributed by atoms with Crippen LogP contribution in [0.2, 0.25) is 0 Å². The van der Waals surface area contributed by atoms with E-state index in [1.807, 2.05) is 6.92 Å². The van der Waals surface area contributed by atoms with Gasteiger partial charge < -0.3 is 9.26 Å². The first kappa shape index (κ1) is 21.4. The van der Waals surface area contributed by atoms with E-state index < -0.39 is 29.6 Å². The van der Waals surface area contributed by atoms with Gasteiger partial charge in [0.2, 0.25) is 5.82 Å². The van der Waals surface area contributed by atoms with Crippen molar-refractivity contribution in [2.45, 2.75) is 32.9 Å².